The number of anilines is 2. The Kier molecular flexibility index (Phi) is 4.75. The topological polar surface area (TPSA) is 75.9 Å². The fraction of sp³-hybridized carbons (Fsp3) is 0.400. The van der Waals surface area contributed by atoms with Gasteiger partial charge in [-0.15, -0.1) is 0 Å². The number of carbonyl (C=O) groups excluding carboxylic acids is 1. The second-order valence-electron chi connectivity index (χ2n) is 7.32. The van der Waals surface area contributed by atoms with Crippen molar-refractivity contribution in [2.75, 3.05) is 23.3 Å². The van der Waals surface area contributed by atoms with Crippen molar-refractivity contribution in [3.63, 3.8) is 0 Å². The number of hydrogen-bond donors (Lipinski definition) is 1. The van der Waals surface area contributed by atoms with Gasteiger partial charge in [-0.05, 0) is 43.4 Å². The standard InChI is InChI=1S/C20H24N6O/c1-14-6-8-25(9-7-14)19-17-11-23-26(20(17)22-13-21-19)12-18(27)24-16-5-3-4-15(2)10-16/h3-5,10-11,13-14H,6-9,12H2,1-2H3,(H,24,27). The summed E-state index contributed by atoms with van der Waals surface area (Å²) in [5.74, 6) is 1.54. The molecule has 2 aromatic heterocycles. The number of piperidine rings is 1. The van der Waals surface area contributed by atoms with Gasteiger partial charge >= 0.3 is 0 Å². The lowest BCUT2D eigenvalue weighted by atomic mass is 9.99. The Morgan fingerprint density at radius 3 is 2.85 bits per heavy atom. The predicted molar refractivity (Wildman–Crippen MR) is 106 cm³/mol. The van der Waals surface area contributed by atoms with Gasteiger partial charge in [0.1, 0.15) is 18.7 Å². The summed E-state index contributed by atoms with van der Waals surface area (Å²) in [6, 6.07) is 7.74. The summed E-state index contributed by atoms with van der Waals surface area (Å²) in [5.41, 5.74) is 2.58. The maximum atomic E-state index is 12.4. The van der Waals surface area contributed by atoms with E-state index >= 15 is 0 Å². The molecule has 27 heavy (non-hydrogen) atoms. The van der Waals surface area contributed by atoms with Crippen LogP contribution in [0.2, 0.25) is 0 Å². The molecule has 0 aliphatic carbocycles. The summed E-state index contributed by atoms with van der Waals surface area (Å²) >= 11 is 0. The van der Waals surface area contributed by atoms with Crippen LogP contribution in [0.5, 0.6) is 0 Å². The highest BCUT2D eigenvalue weighted by Gasteiger charge is 2.21. The summed E-state index contributed by atoms with van der Waals surface area (Å²) in [7, 11) is 0. The van der Waals surface area contributed by atoms with Crippen molar-refractivity contribution in [2.24, 2.45) is 5.92 Å². The SMILES string of the molecule is Cc1cccc(NC(=O)Cn2ncc3c(N4CCC(C)CC4)ncnc32)c1. The third-order valence-electron chi connectivity index (χ3n) is 5.09. The molecule has 1 aliphatic rings. The molecule has 0 atom stereocenters. The van der Waals surface area contributed by atoms with Crippen LogP contribution >= 0.6 is 0 Å². The first-order valence-electron chi connectivity index (χ1n) is 9.38. The Bertz CT molecular complexity index is 958. The van der Waals surface area contributed by atoms with E-state index in [1.807, 2.05) is 31.2 Å². The van der Waals surface area contributed by atoms with Crippen molar-refractivity contribution in [3.05, 3.63) is 42.4 Å². The lowest BCUT2D eigenvalue weighted by molar-refractivity contribution is -0.116. The molecule has 0 unspecified atom stereocenters. The van der Waals surface area contributed by atoms with E-state index in [-0.39, 0.29) is 12.5 Å². The van der Waals surface area contributed by atoms with Gasteiger partial charge < -0.3 is 10.2 Å². The normalized spacial score (nSPS) is 15.3. The summed E-state index contributed by atoms with van der Waals surface area (Å²) < 4.78 is 1.64. The van der Waals surface area contributed by atoms with E-state index in [1.54, 1.807) is 17.2 Å². The van der Waals surface area contributed by atoms with Crippen LogP contribution in [-0.2, 0) is 11.3 Å². The molecule has 0 saturated carbocycles. The molecule has 1 aliphatic heterocycles. The number of hydrogen-bond acceptors (Lipinski definition) is 5. The van der Waals surface area contributed by atoms with Crippen LogP contribution in [-0.4, -0.2) is 38.7 Å². The Balaban J connectivity index is 1.53. The molecule has 1 aromatic carbocycles. The highest BCUT2D eigenvalue weighted by atomic mass is 16.2. The molecule has 1 N–H and O–H groups in total. The van der Waals surface area contributed by atoms with Gasteiger partial charge in [-0.3, -0.25) is 4.79 Å². The fourth-order valence-corrected chi connectivity index (χ4v) is 3.53. The first kappa shape index (κ1) is 17.5. The first-order valence-corrected chi connectivity index (χ1v) is 9.38. The van der Waals surface area contributed by atoms with Crippen molar-refractivity contribution in [1.29, 1.82) is 0 Å². The minimum Gasteiger partial charge on any atom is -0.356 e. The number of rotatable bonds is 4. The largest absolute Gasteiger partial charge is 0.356 e. The molecule has 0 spiro atoms. The van der Waals surface area contributed by atoms with Gasteiger partial charge in [0.05, 0.1) is 11.6 Å². The molecule has 4 rings (SSSR count). The molecule has 1 fully saturated rings. The fourth-order valence-electron chi connectivity index (χ4n) is 3.53. The number of benzene rings is 1. The van der Waals surface area contributed by atoms with Gasteiger partial charge in [-0.2, -0.15) is 5.10 Å². The molecule has 1 amide bonds. The summed E-state index contributed by atoms with van der Waals surface area (Å²) in [6.07, 6.45) is 5.66. The van der Waals surface area contributed by atoms with E-state index in [4.69, 9.17) is 0 Å². The van der Waals surface area contributed by atoms with Crippen molar-refractivity contribution >= 4 is 28.4 Å². The van der Waals surface area contributed by atoms with Crippen LogP contribution < -0.4 is 10.2 Å². The summed E-state index contributed by atoms with van der Waals surface area (Å²) in [4.78, 5) is 23.6. The van der Waals surface area contributed by atoms with Crippen LogP contribution in [0.25, 0.3) is 11.0 Å². The number of aryl methyl sites for hydroxylation is 1. The van der Waals surface area contributed by atoms with Crippen molar-refractivity contribution in [2.45, 2.75) is 33.2 Å². The van der Waals surface area contributed by atoms with Gasteiger partial charge in [0, 0.05) is 18.8 Å². The highest BCUT2D eigenvalue weighted by molar-refractivity contribution is 5.92. The Morgan fingerprint density at radius 2 is 2.07 bits per heavy atom. The van der Waals surface area contributed by atoms with E-state index in [9.17, 15) is 4.79 Å². The molecule has 3 aromatic rings. The minimum atomic E-state index is -0.127. The Labute approximate surface area is 158 Å². The molecule has 140 valence electrons. The lowest BCUT2D eigenvalue weighted by Crippen LogP contribution is -2.33. The van der Waals surface area contributed by atoms with E-state index in [0.717, 1.165) is 41.5 Å². The first-order chi connectivity index (χ1) is 13.1. The summed E-state index contributed by atoms with van der Waals surface area (Å²) in [5, 5.41) is 8.21. The average Bonchev–Trinajstić information content (AvgIpc) is 3.05. The summed E-state index contributed by atoms with van der Waals surface area (Å²) in [6.45, 7) is 6.39. The molecular formula is C20H24N6O. The number of carbonyl (C=O) groups is 1. The molecule has 0 bridgehead atoms. The molecule has 7 heteroatoms. The Morgan fingerprint density at radius 1 is 1.26 bits per heavy atom. The van der Waals surface area contributed by atoms with Gasteiger partial charge in [0.25, 0.3) is 0 Å². The quantitative estimate of drug-likeness (QED) is 0.770. The Hall–Kier alpha value is -2.96. The van der Waals surface area contributed by atoms with Crippen LogP contribution in [0, 0.1) is 12.8 Å². The van der Waals surface area contributed by atoms with Crippen molar-refractivity contribution in [1.82, 2.24) is 19.7 Å². The van der Waals surface area contributed by atoms with Gasteiger partial charge in [-0.1, -0.05) is 19.1 Å². The van der Waals surface area contributed by atoms with Gasteiger partial charge in [-0.25, -0.2) is 14.6 Å². The van der Waals surface area contributed by atoms with E-state index in [0.29, 0.717) is 5.65 Å². The lowest BCUT2D eigenvalue weighted by Gasteiger charge is -2.31. The van der Waals surface area contributed by atoms with Crippen LogP contribution in [0.4, 0.5) is 11.5 Å². The number of amides is 1. The zero-order chi connectivity index (χ0) is 18.8. The zero-order valence-electron chi connectivity index (χ0n) is 15.7. The number of fused-ring (bicyclic) bond motifs is 1. The minimum absolute atomic E-state index is 0.116. The number of aromatic nitrogens is 4. The predicted octanol–water partition coefficient (Wildman–Crippen LogP) is 3.01. The third kappa shape index (κ3) is 3.77. The van der Waals surface area contributed by atoms with Gasteiger partial charge in [0.2, 0.25) is 5.91 Å². The highest BCUT2D eigenvalue weighted by Crippen LogP contribution is 2.27. The van der Waals surface area contributed by atoms with Crippen LogP contribution in [0.15, 0.2) is 36.8 Å². The molecule has 0 radical (unpaired) electrons. The zero-order valence-corrected chi connectivity index (χ0v) is 15.7. The maximum Gasteiger partial charge on any atom is 0.246 e. The third-order valence-corrected chi connectivity index (χ3v) is 5.09. The van der Waals surface area contributed by atoms with Crippen molar-refractivity contribution < 1.29 is 4.79 Å². The second-order valence-corrected chi connectivity index (χ2v) is 7.32. The number of nitrogens with zero attached hydrogens (tertiary/aromatic N) is 5. The molecule has 3 heterocycles. The van der Waals surface area contributed by atoms with Gasteiger partial charge in [0.15, 0.2) is 5.65 Å². The van der Waals surface area contributed by atoms with E-state index in [1.165, 1.54) is 12.8 Å². The van der Waals surface area contributed by atoms with E-state index in [2.05, 4.69) is 32.2 Å². The van der Waals surface area contributed by atoms with E-state index < -0.39 is 0 Å². The maximum absolute atomic E-state index is 12.4. The molecular weight excluding hydrogens is 340 g/mol. The molecule has 7 nitrogen and oxygen atoms in total. The monoisotopic (exact) mass is 364 g/mol. The second kappa shape index (κ2) is 7.34. The number of nitrogens with one attached hydrogen (secondary N) is 1. The van der Waals surface area contributed by atoms with Crippen molar-refractivity contribution in [3.8, 4) is 0 Å². The smallest absolute Gasteiger partial charge is 0.246 e. The van der Waals surface area contributed by atoms with Crippen LogP contribution in [0.3, 0.4) is 0 Å². The molecule has 1 saturated heterocycles. The van der Waals surface area contributed by atoms with Crippen LogP contribution in [0.1, 0.15) is 25.3 Å². The average molecular weight is 364 g/mol.